The summed E-state index contributed by atoms with van der Waals surface area (Å²) in [7, 11) is -1.66. The zero-order valence-corrected chi connectivity index (χ0v) is 12.0. The molecule has 0 spiro atoms. The van der Waals surface area contributed by atoms with Crippen LogP contribution in [0.2, 0.25) is 0 Å². The fraction of sp³-hybridized carbons (Fsp3) is 1.00. The first kappa shape index (κ1) is 15.3. The van der Waals surface area contributed by atoms with Crippen molar-refractivity contribution in [2.75, 3.05) is 31.3 Å². The number of nitrogens with zero attached hydrogens (tertiary/aromatic N) is 1. The lowest BCUT2D eigenvalue weighted by molar-refractivity contribution is 0.214. The summed E-state index contributed by atoms with van der Waals surface area (Å²) in [6.45, 7) is 4.59. The van der Waals surface area contributed by atoms with E-state index in [1.807, 2.05) is 13.8 Å². The fourth-order valence-electron chi connectivity index (χ4n) is 1.24. The van der Waals surface area contributed by atoms with Crippen LogP contribution in [0, 0.1) is 0 Å². The Hall–Kier alpha value is 0.350. The predicted octanol–water partition coefficient (Wildman–Crippen LogP) is 1.46. The number of hydrogen-bond donors (Lipinski definition) is 0. The second-order valence-corrected chi connectivity index (χ2v) is 6.39. The van der Waals surface area contributed by atoms with Gasteiger partial charge >= 0.3 is 0 Å². The van der Waals surface area contributed by atoms with Crippen LogP contribution in [0.3, 0.4) is 0 Å². The van der Waals surface area contributed by atoms with Crippen LogP contribution in [0.4, 0.5) is 0 Å². The SMILES string of the molecule is COCCS(=O)(=O)N(CCCBr)C(C)C. The minimum Gasteiger partial charge on any atom is -0.384 e. The van der Waals surface area contributed by atoms with Crippen molar-refractivity contribution < 1.29 is 13.2 Å². The maximum Gasteiger partial charge on any atom is 0.216 e. The average Bonchev–Trinajstić information content (AvgIpc) is 2.14. The number of halogens is 1. The van der Waals surface area contributed by atoms with Crippen molar-refractivity contribution in [3.8, 4) is 0 Å². The van der Waals surface area contributed by atoms with Crippen LogP contribution in [0.15, 0.2) is 0 Å². The standard InChI is InChI=1S/C9H20BrNO3S/c1-9(2)11(6-4-5-10)15(12,13)8-7-14-3/h9H,4-8H2,1-3H3. The van der Waals surface area contributed by atoms with Gasteiger partial charge in [0.25, 0.3) is 0 Å². The van der Waals surface area contributed by atoms with Gasteiger partial charge in [-0.15, -0.1) is 0 Å². The number of rotatable bonds is 8. The molecular weight excluding hydrogens is 282 g/mol. The van der Waals surface area contributed by atoms with E-state index in [9.17, 15) is 8.42 Å². The number of alkyl halides is 1. The molecule has 0 aliphatic rings. The summed E-state index contributed by atoms with van der Waals surface area (Å²) in [5.74, 6) is 0.0595. The van der Waals surface area contributed by atoms with Crippen LogP contribution in [0.5, 0.6) is 0 Å². The molecule has 4 nitrogen and oxygen atoms in total. The molecule has 0 amide bonds. The Morgan fingerprint density at radius 1 is 1.40 bits per heavy atom. The van der Waals surface area contributed by atoms with Crippen LogP contribution in [-0.2, 0) is 14.8 Å². The van der Waals surface area contributed by atoms with Gasteiger partial charge in [0.2, 0.25) is 10.0 Å². The normalized spacial score (nSPS) is 12.7. The van der Waals surface area contributed by atoms with Crippen molar-refractivity contribution in [3.05, 3.63) is 0 Å². The Labute approximate surface area is 101 Å². The Bertz CT molecular complexity index is 254. The van der Waals surface area contributed by atoms with Crippen molar-refractivity contribution in [1.29, 1.82) is 0 Å². The van der Waals surface area contributed by atoms with E-state index < -0.39 is 10.0 Å². The molecule has 0 aromatic rings. The third-order valence-corrected chi connectivity index (χ3v) is 4.55. The molecule has 0 saturated heterocycles. The van der Waals surface area contributed by atoms with Crippen LogP contribution in [0.1, 0.15) is 20.3 Å². The molecule has 0 fully saturated rings. The third kappa shape index (κ3) is 5.85. The van der Waals surface area contributed by atoms with E-state index in [4.69, 9.17) is 4.74 Å². The summed E-state index contributed by atoms with van der Waals surface area (Å²) < 4.78 is 30.1. The van der Waals surface area contributed by atoms with Crippen molar-refractivity contribution in [2.45, 2.75) is 26.3 Å². The van der Waals surface area contributed by atoms with E-state index in [0.717, 1.165) is 11.8 Å². The van der Waals surface area contributed by atoms with Crippen molar-refractivity contribution in [2.24, 2.45) is 0 Å². The van der Waals surface area contributed by atoms with Crippen LogP contribution in [0.25, 0.3) is 0 Å². The Morgan fingerprint density at radius 3 is 2.40 bits per heavy atom. The Kier molecular flexibility index (Phi) is 7.77. The molecule has 0 saturated carbocycles. The molecule has 0 aliphatic heterocycles. The number of sulfonamides is 1. The summed E-state index contributed by atoms with van der Waals surface area (Å²) in [5, 5.41) is 0.815. The Balaban J connectivity index is 4.45. The van der Waals surface area contributed by atoms with Crippen LogP contribution >= 0.6 is 15.9 Å². The topological polar surface area (TPSA) is 46.6 Å². The van der Waals surface area contributed by atoms with Gasteiger partial charge in [-0.25, -0.2) is 8.42 Å². The molecule has 92 valence electrons. The first-order valence-corrected chi connectivity index (χ1v) is 7.73. The van der Waals surface area contributed by atoms with Gasteiger partial charge in [0.1, 0.15) is 0 Å². The molecule has 0 atom stereocenters. The second kappa shape index (κ2) is 7.60. The molecule has 15 heavy (non-hydrogen) atoms. The Morgan fingerprint density at radius 2 is 2.00 bits per heavy atom. The molecule has 0 rings (SSSR count). The van der Waals surface area contributed by atoms with Crippen LogP contribution < -0.4 is 0 Å². The molecule has 0 N–H and O–H groups in total. The van der Waals surface area contributed by atoms with Gasteiger partial charge in [0.15, 0.2) is 0 Å². The van der Waals surface area contributed by atoms with Gasteiger partial charge < -0.3 is 4.74 Å². The summed E-state index contributed by atoms with van der Waals surface area (Å²) in [4.78, 5) is 0. The lowest BCUT2D eigenvalue weighted by atomic mass is 10.4. The van der Waals surface area contributed by atoms with Crippen molar-refractivity contribution >= 4 is 26.0 Å². The second-order valence-electron chi connectivity index (χ2n) is 3.56. The third-order valence-electron chi connectivity index (χ3n) is 1.99. The highest BCUT2D eigenvalue weighted by Crippen LogP contribution is 2.09. The minimum atomic E-state index is -3.17. The highest BCUT2D eigenvalue weighted by Gasteiger charge is 2.23. The van der Waals surface area contributed by atoms with E-state index >= 15 is 0 Å². The van der Waals surface area contributed by atoms with Gasteiger partial charge in [-0.3, -0.25) is 0 Å². The van der Waals surface area contributed by atoms with Gasteiger partial charge in [-0.2, -0.15) is 4.31 Å². The quantitative estimate of drug-likeness (QED) is 0.638. The maximum atomic E-state index is 11.9. The largest absolute Gasteiger partial charge is 0.384 e. The molecule has 0 aromatic carbocycles. The first-order valence-electron chi connectivity index (χ1n) is 5.00. The zero-order chi connectivity index (χ0) is 11.9. The van der Waals surface area contributed by atoms with Gasteiger partial charge in [0.05, 0.1) is 12.4 Å². The first-order chi connectivity index (χ1) is 6.95. The van der Waals surface area contributed by atoms with Gasteiger partial charge in [-0.1, -0.05) is 15.9 Å². The summed E-state index contributed by atoms with van der Waals surface area (Å²) in [5.41, 5.74) is 0. The van der Waals surface area contributed by atoms with Gasteiger partial charge in [0, 0.05) is 25.0 Å². The molecule has 0 heterocycles. The molecule has 0 unspecified atom stereocenters. The summed E-state index contributed by atoms with van der Waals surface area (Å²) in [6, 6.07) is 0.00547. The number of hydrogen-bond acceptors (Lipinski definition) is 3. The number of ether oxygens (including phenoxy) is 1. The highest BCUT2D eigenvalue weighted by atomic mass is 79.9. The molecule has 0 radical (unpaired) electrons. The van der Waals surface area contributed by atoms with E-state index in [1.54, 1.807) is 0 Å². The lowest BCUT2D eigenvalue weighted by Crippen LogP contribution is -2.40. The van der Waals surface area contributed by atoms with Crippen molar-refractivity contribution in [3.63, 3.8) is 0 Å². The smallest absolute Gasteiger partial charge is 0.216 e. The monoisotopic (exact) mass is 301 g/mol. The van der Waals surface area contributed by atoms with E-state index in [2.05, 4.69) is 15.9 Å². The van der Waals surface area contributed by atoms with E-state index in [-0.39, 0.29) is 18.4 Å². The average molecular weight is 302 g/mol. The fourth-order valence-corrected chi connectivity index (χ4v) is 3.15. The van der Waals surface area contributed by atoms with Crippen molar-refractivity contribution in [1.82, 2.24) is 4.31 Å². The molecule has 0 aromatic heterocycles. The summed E-state index contributed by atoms with van der Waals surface area (Å²) >= 11 is 3.30. The van der Waals surface area contributed by atoms with Gasteiger partial charge in [-0.05, 0) is 20.3 Å². The highest BCUT2D eigenvalue weighted by molar-refractivity contribution is 9.09. The van der Waals surface area contributed by atoms with E-state index in [0.29, 0.717) is 6.54 Å². The minimum absolute atomic E-state index is 0.00547. The lowest BCUT2D eigenvalue weighted by Gasteiger charge is -2.25. The van der Waals surface area contributed by atoms with E-state index in [1.165, 1.54) is 11.4 Å². The maximum absolute atomic E-state index is 11.9. The molecule has 0 aliphatic carbocycles. The zero-order valence-electron chi connectivity index (χ0n) is 9.57. The summed E-state index contributed by atoms with van der Waals surface area (Å²) in [6.07, 6.45) is 0.824. The molecule has 6 heteroatoms. The molecular formula is C9H20BrNO3S. The number of methoxy groups -OCH3 is 1. The molecule has 0 bridgehead atoms. The van der Waals surface area contributed by atoms with Crippen LogP contribution in [-0.4, -0.2) is 50.1 Å². The predicted molar refractivity (Wildman–Crippen MR) is 65.9 cm³/mol.